The van der Waals surface area contributed by atoms with Crippen LogP contribution in [0.1, 0.15) is 33.6 Å². The molecular weight excluding hydrogens is 206 g/mol. The zero-order chi connectivity index (χ0) is 12.3. The van der Waals surface area contributed by atoms with Crippen LogP contribution < -0.4 is 5.32 Å². The maximum Gasteiger partial charge on any atom is 0.323 e. The fourth-order valence-corrected chi connectivity index (χ4v) is 1.87. The molecule has 0 aliphatic carbocycles. The lowest BCUT2D eigenvalue weighted by atomic mass is 9.92. The molecule has 1 rings (SSSR count). The van der Waals surface area contributed by atoms with Crippen molar-refractivity contribution in [1.82, 2.24) is 5.32 Å². The zero-order valence-corrected chi connectivity index (χ0v) is 10.2. The number of nitrogens with one attached hydrogen (secondary N) is 1. The molecule has 0 spiro atoms. The lowest BCUT2D eigenvalue weighted by Crippen LogP contribution is -2.41. The Labute approximate surface area is 96.7 Å². The minimum Gasteiger partial charge on any atom is -0.465 e. The van der Waals surface area contributed by atoms with E-state index in [-0.39, 0.29) is 18.1 Å². The summed E-state index contributed by atoms with van der Waals surface area (Å²) in [5.74, 6) is -0.214. The summed E-state index contributed by atoms with van der Waals surface area (Å²) < 4.78 is 4.95. The summed E-state index contributed by atoms with van der Waals surface area (Å²) in [6.45, 7) is 9.48. The quantitative estimate of drug-likeness (QED) is 0.555. The number of carbonyl (C=O) groups is 1. The van der Waals surface area contributed by atoms with E-state index in [4.69, 9.17) is 4.74 Å². The third-order valence-electron chi connectivity index (χ3n) is 2.92. The maximum absolute atomic E-state index is 11.5. The van der Waals surface area contributed by atoms with E-state index in [9.17, 15) is 9.90 Å². The van der Waals surface area contributed by atoms with Gasteiger partial charge in [-0.25, -0.2) is 0 Å². The molecule has 0 aromatic rings. The van der Waals surface area contributed by atoms with Crippen LogP contribution in [-0.4, -0.2) is 35.4 Å². The summed E-state index contributed by atoms with van der Waals surface area (Å²) in [6, 6.07) is -0.265. The number of hydrogen-bond donors (Lipinski definition) is 2. The average molecular weight is 227 g/mol. The van der Waals surface area contributed by atoms with Gasteiger partial charge in [-0.1, -0.05) is 6.58 Å². The molecule has 2 atom stereocenters. The number of carbonyl (C=O) groups excluding carboxylic acids is 1. The summed E-state index contributed by atoms with van der Waals surface area (Å²) in [7, 11) is 0. The molecule has 2 N–H and O–H groups in total. The van der Waals surface area contributed by atoms with Crippen molar-refractivity contribution in [1.29, 1.82) is 0 Å². The van der Waals surface area contributed by atoms with Gasteiger partial charge in [0.05, 0.1) is 12.2 Å². The molecule has 1 aliphatic heterocycles. The fourth-order valence-electron chi connectivity index (χ4n) is 1.87. The average Bonchev–Trinajstić information content (AvgIpc) is 2.64. The number of aliphatic hydroxyl groups is 1. The molecule has 1 heterocycles. The fraction of sp³-hybridized carbons (Fsp3) is 0.750. The van der Waals surface area contributed by atoms with Crippen LogP contribution >= 0.6 is 0 Å². The van der Waals surface area contributed by atoms with Crippen molar-refractivity contribution in [3.8, 4) is 0 Å². The lowest BCUT2D eigenvalue weighted by molar-refractivity contribution is -0.145. The normalized spacial score (nSPS) is 25.5. The first kappa shape index (κ1) is 13.2. The van der Waals surface area contributed by atoms with Crippen molar-refractivity contribution < 1.29 is 14.6 Å². The highest BCUT2D eigenvalue weighted by Gasteiger charge is 2.35. The Hall–Kier alpha value is -0.870. The van der Waals surface area contributed by atoms with E-state index in [1.807, 2.05) is 0 Å². The third-order valence-corrected chi connectivity index (χ3v) is 2.92. The van der Waals surface area contributed by atoms with Gasteiger partial charge in [-0.2, -0.15) is 0 Å². The van der Waals surface area contributed by atoms with E-state index in [1.54, 1.807) is 20.8 Å². The van der Waals surface area contributed by atoms with E-state index >= 15 is 0 Å². The second-order valence-corrected chi connectivity index (χ2v) is 4.69. The van der Waals surface area contributed by atoms with Crippen LogP contribution in [0, 0.1) is 0 Å². The molecule has 16 heavy (non-hydrogen) atoms. The van der Waals surface area contributed by atoms with Crippen molar-refractivity contribution in [2.75, 3.05) is 6.61 Å². The van der Waals surface area contributed by atoms with Gasteiger partial charge in [-0.05, 0) is 39.2 Å². The molecule has 0 aromatic heterocycles. The zero-order valence-electron chi connectivity index (χ0n) is 10.2. The smallest absolute Gasteiger partial charge is 0.323 e. The molecule has 4 heteroatoms. The van der Waals surface area contributed by atoms with Crippen LogP contribution in [-0.2, 0) is 9.53 Å². The number of hydrogen-bond acceptors (Lipinski definition) is 4. The minimum absolute atomic E-state index is 0.00518. The first-order valence-electron chi connectivity index (χ1n) is 5.70. The van der Waals surface area contributed by atoms with Crippen LogP contribution in [0.2, 0.25) is 0 Å². The predicted octanol–water partition coefficient (Wildman–Crippen LogP) is 0.997. The second kappa shape index (κ2) is 4.97. The molecule has 0 bridgehead atoms. The van der Waals surface area contributed by atoms with Crippen molar-refractivity contribution in [2.45, 2.75) is 51.3 Å². The number of ether oxygens (including phenoxy) is 1. The van der Waals surface area contributed by atoms with Gasteiger partial charge in [-0.3, -0.25) is 10.1 Å². The molecular formula is C12H21NO3. The van der Waals surface area contributed by atoms with Crippen LogP contribution in [0.3, 0.4) is 0 Å². The number of esters is 1. The van der Waals surface area contributed by atoms with Gasteiger partial charge < -0.3 is 9.84 Å². The van der Waals surface area contributed by atoms with E-state index in [2.05, 4.69) is 11.9 Å². The maximum atomic E-state index is 11.5. The van der Waals surface area contributed by atoms with Crippen LogP contribution in [0.5, 0.6) is 0 Å². The van der Waals surface area contributed by atoms with Gasteiger partial charge in [0.25, 0.3) is 0 Å². The van der Waals surface area contributed by atoms with Gasteiger partial charge in [0.2, 0.25) is 0 Å². The van der Waals surface area contributed by atoms with Crippen molar-refractivity contribution >= 4 is 5.97 Å². The summed E-state index contributed by atoms with van der Waals surface area (Å²) in [6.07, 6.45) is 1.55. The summed E-state index contributed by atoms with van der Waals surface area (Å²) >= 11 is 0. The Morgan fingerprint density at radius 1 is 1.50 bits per heavy atom. The highest BCUT2D eigenvalue weighted by Crippen LogP contribution is 2.25. The molecule has 4 nitrogen and oxygen atoms in total. The topological polar surface area (TPSA) is 58.6 Å². The Morgan fingerprint density at radius 2 is 2.06 bits per heavy atom. The van der Waals surface area contributed by atoms with Crippen LogP contribution in [0.15, 0.2) is 12.2 Å². The Kier molecular flexibility index (Phi) is 4.10. The lowest BCUT2D eigenvalue weighted by Gasteiger charge is -2.26. The van der Waals surface area contributed by atoms with Gasteiger partial charge >= 0.3 is 5.97 Å². The summed E-state index contributed by atoms with van der Waals surface area (Å²) in [4.78, 5) is 11.5. The third kappa shape index (κ3) is 3.06. The van der Waals surface area contributed by atoms with Gasteiger partial charge in [-0.15, -0.1) is 0 Å². The molecule has 1 aliphatic rings. The van der Waals surface area contributed by atoms with Crippen LogP contribution in [0.25, 0.3) is 0 Å². The number of rotatable bonds is 4. The highest BCUT2D eigenvalue weighted by atomic mass is 16.5. The van der Waals surface area contributed by atoms with Gasteiger partial charge in [0.15, 0.2) is 0 Å². The summed E-state index contributed by atoms with van der Waals surface area (Å²) in [5, 5.41) is 13.0. The van der Waals surface area contributed by atoms with E-state index in [0.29, 0.717) is 6.61 Å². The van der Waals surface area contributed by atoms with Crippen molar-refractivity contribution in [2.24, 2.45) is 0 Å². The van der Waals surface area contributed by atoms with Crippen molar-refractivity contribution in [3.63, 3.8) is 0 Å². The Balaban J connectivity index is 2.53. The molecule has 0 saturated carbocycles. The van der Waals surface area contributed by atoms with Crippen molar-refractivity contribution in [3.05, 3.63) is 12.2 Å². The second-order valence-electron chi connectivity index (χ2n) is 4.69. The predicted molar refractivity (Wildman–Crippen MR) is 62.0 cm³/mol. The molecule has 1 unspecified atom stereocenters. The highest BCUT2D eigenvalue weighted by molar-refractivity contribution is 5.76. The van der Waals surface area contributed by atoms with Gasteiger partial charge in [0, 0.05) is 6.04 Å². The standard InChI is InChI=1S/C12H21NO3/c1-5-16-11(14)10-7-6-9(13-10)8(2)12(3,4)15/h9-10,13,15H,2,5-7H2,1,3-4H3/t9?,10-/m0/s1. The first-order chi connectivity index (χ1) is 7.36. The SMILES string of the molecule is C=C(C1CC[C@@H](C(=O)OCC)N1)C(C)(C)O. The van der Waals surface area contributed by atoms with E-state index < -0.39 is 5.60 Å². The first-order valence-corrected chi connectivity index (χ1v) is 5.70. The Morgan fingerprint density at radius 3 is 2.56 bits per heavy atom. The minimum atomic E-state index is -0.915. The van der Waals surface area contributed by atoms with E-state index in [1.165, 1.54) is 0 Å². The van der Waals surface area contributed by atoms with E-state index in [0.717, 1.165) is 18.4 Å². The van der Waals surface area contributed by atoms with Gasteiger partial charge in [0.1, 0.15) is 6.04 Å². The van der Waals surface area contributed by atoms with Crippen LogP contribution in [0.4, 0.5) is 0 Å². The summed E-state index contributed by atoms with van der Waals surface area (Å²) in [5.41, 5.74) is -0.194. The molecule has 1 saturated heterocycles. The Bertz CT molecular complexity index is 280. The largest absolute Gasteiger partial charge is 0.465 e. The molecule has 0 aromatic carbocycles. The molecule has 0 radical (unpaired) electrons. The molecule has 92 valence electrons. The molecule has 0 amide bonds. The monoisotopic (exact) mass is 227 g/mol. The molecule has 1 fully saturated rings.